The summed E-state index contributed by atoms with van der Waals surface area (Å²) in [6.07, 6.45) is 1.76. The Morgan fingerprint density at radius 1 is 1.37 bits per heavy atom. The molecule has 2 heterocycles. The molecular weight excluding hydrogens is 258 g/mol. The molecule has 0 aliphatic heterocycles. The number of aromatic amines is 1. The minimum atomic E-state index is 0.0427. The van der Waals surface area contributed by atoms with Crippen LogP contribution in [0.2, 0.25) is 0 Å². The molecule has 0 atom stereocenters. The van der Waals surface area contributed by atoms with E-state index in [1.807, 2.05) is 41.9 Å². The van der Waals surface area contributed by atoms with E-state index >= 15 is 0 Å². The predicted octanol–water partition coefficient (Wildman–Crippen LogP) is 3.86. The number of nitrogens with one attached hydrogen (secondary N) is 1. The third-order valence-electron chi connectivity index (χ3n) is 2.99. The second-order valence-electron chi connectivity index (χ2n) is 4.18. The number of carbonyl (C=O) groups excluding carboxylic acids is 1. The number of H-pyrrole nitrogens is 1. The molecule has 19 heavy (non-hydrogen) atoms. The summed E-state index contributed by atoms with van der Waals surface area (Å²) in [4.78, 5) is 15.5. The van der Waals surface area contributed by atoms with Crippen molar-refractivity contribution >= 4 is 28.0 Å². The fourth-order valence-electron chi connectivity index (χ4n) is 2.09. The van der Waals surface area contributed by atoms with Gasteiger partial charge in [-0.25, -0.2) is 0 Å². The molecule has 0 fully saturated rings. The van der Waals surface area contributed by atoms with Crippen molar-refractivity contribution in [2.75, 3.05) is 6.61 Å². The number of hydrogen-bond acceptors (Lipinski definition) is 3. The van der Waals surface area contributed by atoms with Crippen molar-refractivity contribution in [2.24, 2.45) is 0 Å². The maximum atomic E-state index is 12.4. The molecule has 0 spiro atoms. The van der Waals surface area contributed by atoms with E-state index in [-0.39, 0.29) is 5.78 Å². The van der Waals surface area contributed by atoms with Crippen molar-refractivity contribution in [1.29, 1.82) is 0 Å². The average Bonchev–Trinajstić information content (AvgIpc) is 3.07. The highest BCUT2D eigenvalue weighted by molar-refractivity contribution is 7.08. The molecule has 3 aromatic rings. The Morgan fingerprint density at radius 2 is 2.26 bits per heavy atom. The molecule has 3 rings (SSSR count). The van der Waals surface area contributed by atoms with Gasteiger partial charge in [-0.15, -0.1) is 0 Å². The van der Waals surface area contributed by atoms with Crippen LogP contribution in [0.1, 0.15) is 22.8 Å². The van der Waals surface area contributed by atoms with Crippen molar-refractivity contribution < 1.29 is 9.53 Å². The minimum Gasteiger partial charge on any atom is -0.494 e. The maximum Gasteiger partial charge on any atom is 0.196 e. The van der Waals surface area contributed by atoms with Gasteiger partial charge in [0.15, 0.2) is 5.78 Å². The molecule has 0 saturated carbocycles. The van der Waals surface area contributed by atoms with Gasteiger partial charge < -0.3 is 9.72 Å². The topological polar surface area (TPSA) is 42.1 Å². The zero-order valence-corrected chi connectivity index (χ0v) is 11.3. The van der Waals surface area contributed by atoms with Gasteiger partial charge in [0.25, 0.3) is 0 Å². The molecule has 1 N–H and O–H groups in total. The first-order chi connectivity index (χ1) is 9.29. The van der Waals surface area contributed by atoms with Gasteiger partial charge in [-0.3, -0.25) is 4.79 Å². The number of aromatic nitrogens is 1. The van der Waals surface area contributed by atoms with Crippen LogP contribution in [0.3, 0.4) is 0 Å². The van der Waals surface area contributed by atoms with Crippen LogP contribution in [0.5, 0.6) is 5.75 Å². The van der Waals surface area contributed by atoms with Gasteiger partial charge in [-0.1, -0.05) is 0 Å². The lowest BCUT2D eigenvalue weighted by molar-refractivity contribution is 0.104. The molecule has 0 unspecified atom stereocenters. The number of ketones is 1. The summed E-state index contributed by atoms with van der Waals surface area (Å²) in [6.45, 7) is 2.56. The summed E-state index contributed by atoms with van der Waals surface area (Å²) in [5.74, 6) is 0.829. The van der Waals surface area contributed by atoms with Gasteiger partial charge in [0, 0.05) is 33.6 Å². The first-order valence-electron chi connectivity index (χ1n) is 6.10. The zero-order valence-electron chi connectivity index (χ0n) is 10.5. The van der Waals surface area contributed by atoms with Crippen LogP contribution in [0.4, 0.5) is 0 Å². The monoisotopic (exact) mass is 271 g/mol. The lowest BCUT2D eigenvalue weighted by Crippen LogP contribution is -1.98. The van der Waals surface area contributed by atoms with E-state index in [0.717, 1.165) is 22.2 Å². The molecule has 1 aromatic carbocycles. The third kappa shape index (κ3) is 2.15. The molecule has 0 aliphatic carbocycles. The molecule has 0 saturated heterocycles. The van der Waals surface area contributed by atoms with Crippen molar-refractivity contribution in [1.82, 2.24) is 4.98 Å². The molecule has 0 aliphatic rings. The SMILES string of the molecule is CCOc1ccc2[nH]cc(C(=O)c3ccsc3)c2c1. The largest absolute Gasteiger partial charge is 0.494 e. The normalized spacial score (nSPS) is 10.8. The summed E-state index contributed by atoms with van der Waals surface area (Å²) >= 11 is 1.53. The Bertz CT molecular complexity index is 713. The summed E-state index contributed by atoms with van der Waals surface area (Å²) in [5, 5.41) is 4.68. The van der Waals surface area contributed by atoms with Crippen molar-refractivity contribution in [3.63, 3.8) is 0 Å². The van der Waals surface area contributed by atoms with Crippen LogP contribution in [-0.2, 0) is 0 Å². The summed E-state index contributed by atoms with van der Waals surface area (Å²) < 4.78 is 5.49. The number of rotatable bonds is 4. The molecule has 0 bridgehead atoms. The first-order valence-corrected chi connectivity index (χ1v) is 7.04. The van der Waals surface area contributed by atoms with Crippen LogP contribution in [0.25, 0.3) is 10.9 Å². The number of benzene rings is 1. The highest BCUT2D eigenvalue weighted by atomic mass is 32.1. The molecule has 0 radical (unpaired) electrons. The molecule has 3 nitrogen and oxygen atoms in total. The number of thiophene rings is 1. The van der Waals surface area contributed by atoms with Gasteiger partial charge in [-0.2, -0.15) is 11.3 Å². The zero-order chi connectivity index (χ0) is 13.2. The number of fused-ring (bicyclic) bond motifs is 1. The average molecular weight is 271 g/mol. The van der Waals surface area contributed by atoms with Crippen molar-refractivity contribution in [2.45, 2.75) is 6.92 Å². The smallest absolute Gasteiger partial charge is 0.196 e. The van der Waals surface area contributed by atoms with E-state index in [0.29, 0.717) is 12.2 Å². The molecular formula is C15H13NO2S. The van der Waals surface area contributed by atoms with E-state index in [4.69, 9.17) is 4.74 Å². The highest BCUT2D eigenvalue weighted by Gasteiger charge is 2.14. The Kier molecular flexibility index (Phi) is 3.09. The van der Waals surface area contributed by atoms with Crippen LogP contribution >= 0.6 is 11.3 Å². The quantitative estimate of drug-likeness (QED) is 0.732. The van der Waals surface area contributed by atoms with E-state index < -0.39 is 0 Å². The van der Waals surface area contributed by atoms with E-state index in [2.05, 4.69) is 4.98 Å². The van der Waals surface area contributed by atoms with Crippen molar-refractivity contribution in [3.05, 3.63) is 52.3 Å². The predicted molar refractivity (Wildman–Crippen MR) is 77.2 cm³/mol. The number of carbonyl (C=O) groups is 1. The summed E-state index contributed by atoms with van der Waals surface area (Å²) in [6, 6.07) is 7.60. The lowest BCUT2D eigenvalue weighted by Gasteiger charge is -2.03. The fraction of sp³-hybridized carbons (Fsp3) is 0.133. The van der Waals surface area contributed by atoms with E-state index in [1.54, 1.807) is 6.20 Å². The Morgan fingerprint density at radius 3 is 3.00 bits per heavy atom. The Balaban J connectivity index is 2.08. The van der Waals surface area contributed by atoms with Crippen molar-refractivity contribution in [3.8, 4) is 5.75 Å². The first kappa shape index (κ1) is 12.0. The molecule has 0 amide bonds. The summed E-state index contributed by atoms with van der Waals surface area (Å²) in [5.41, 5.74) is 2.37. The molecule has 96 valence electrons. The Labute approximate surface area is 114 Å². The fourth-order valence-corrected chi connectivity index (χ4v) is 2.73. The highest BCUT2D eigenvalue weighted by Crippen LogP contribution is 2.26. The van der Waals surface area contributed by atoms with Crippen LogP contribution in [0.15, 0.2) is 41.2 Å². The van der Waals surface area contributed by atoms with E-state index in [9.17, 15) is 4.79 Å². The van der Waals surface area contributed by atoms with Gasteiger partial charge in [0.2, 0.25) is 0 Å². The van der Waals surface area contributed by atoms with Gasteiger partial charge in [0.1, 0.15) is 5.75 Å². The Hall–Kier alpha value is -2.07. The number of hydrogen-bond donors (Lipinski definition) is 1. The molecule has 4 heteroatoms. The minimum absolute atomic E-state index is 0.0427. The van der Waals surface area contributed by atoms with Crippen LogP contribution < -0.4 is 4.74 Å². The second-order valence-corrected chi connectivity index (χ2v) is 4.96. The second kappa shape index (κ2) is 4.90. The number of ether oxygens (including phenoxy) is 1. The third-order valence-corrected chi connectivity index (χ3v) is 3.68. The van der Waals surface area contributed by atoms with Crippen LogP contribution in [-0.4, -0.2) is 17.4 Å². The standard InChI is InChI=1S/C15H13NO2S/c1-2-18-11-3-4-14-12(7-11)13(8-16-14)15(17)10-5-6-19-9-10/h3-9,16H,2H2,1H3. The van der Waals surface area contributed by atoms with E-state index in [1.165, 1.54) is 11.3 Å². The van der Waals surface area contributed by atoms with Gasteiger partial charge in [0.05, 0.1) is 6.61 Å². The summed E-state index contributed by atoms with van der Waals surface area (Å²) in [7, 11) is 0. The maximum absolute atomic E-state index is 12.4. The van der Waals surface area contributed by atoms with Crippen LogP contribution in [0, 0.1) is 0 Å². The van der Waals surface area contributed by atoms with Gasteiger partial charge >= 0.3 is 0 Å². The lowest BCUT2D eigenvalue weighted by atomic mass is 10.1. The van der Waals surface area contributed by atoms with Gasteiger partial charge in [-0.05, 0) is 36.6 Å². The molecule has 2 aromatic heterocycles.